The molecule has 2 atom stereocenters. The lowest BCUT2D eigenvalue weighted by Gasteiger charge is -2.23. The van der Waals surface area contributed by atoms with Gasteiger partial charge in [0, 0.05) is 12.6 Å². The van der Waals surface area contributed by atoms with Gasteiger partial charge in [0.15, 0.2) is 0 Å². The van der Waals surface area contributed by atoms with Crippen LogP contribution in [0.25, 0.3) is 0 Å². The predicted molar refractivity (Wildman–Crippen MR) is 76.3 cm³/mol. The lowest BCUT2D eigenvalue weighted by molar-refractivity contribution is 0.353. The third-order valence-electron chi connectivity index (χ3n) is 3.76. The molecule has 0 amide bonds. The van der Waals surface area contributed by atoms with Crippen molar-refractivity contribution in [3.05, 3.63) is 35.9 Å². The van der Waals surface area contributed by atoms with Gasteiger partial charge in [0.2, 0.25) is 0 Å². The minimum Gasteiger partial charge on any atom is -0.312 e. The third-order valence-corrected chi connectivity index (χ3v) is 3.76. The summed E-state index contributed by atoms with van der Waals surface area (Å²) in [6.45, 7) is 7.41. The molecule has 0 aliphatic heterocycles. The van der Waals surface area contributed by atoms with Crippen molar-refractivity contribution >= 4 is 0 Å². The SMILES string of the molecule is CCC(CC)C(C)NCC(C#N)c1ccccc1. The van der Waals surface area contributed by atoms with Gasteiger partial charge in [-0.05, 0) is 18.4 Å². The van der Waals surface area contributed by atoms with Crippen molar-refractivity contribution < 1.29 is 0 Å². The zero-order valence-corrected chi connectivity index (χ0v) is 11.7. The van der Waals surface area contributed by atoms with Crippen molar-refractivity contribution in [3.63, 3.8) is 0 Å². The molecular weight excluding hydrogens is 220 g/mol. The summed E-state index contributed by atoms with van der Waals surface area (Å²) in [4.78, 5) is 0. The Morgan fingerprint density at radius 3 is 2.28 bits per heavy atom. The second-order valence-corrected chi connectivity index (χ2v) is 4.87. The molecule has 18 heavy (non-hydrogen) atoms. The van der Waals surface area contributed by atoms with Crippen molar-refractivity contribution in [1.82, 2.24) is 5.32 Å². The van der Waals surface area contributed by atoms with E-state index in [-0.39, 0.29) is 5.92 Å². The maximum atomic E-state index is 9.26. The Hall–Kier alpha value is -1.33. The average Bonchev–Trinajstić information content (AvgIpc) is 2.42. The number of nitrogens with zero attached hydrogens (tertiary/aromatic N) is 1. The van der Waals surface area contributed by atoms with E-state index in [1.54, 1.807) is 0 Å². The van der Waals surface area contributed by atoms with Crippen LogP contribution in [0, 0.1) is 17.2 Å². The van der Waals surface area contributed by atoms with Crippen molar-refractivity contribution in [2.45, 2.75) is 45.6 Å². The van der Waals surface area contributed by atoms with Gasteiger partial charge in [-0.15, -0.1) is 0 Å². The molecular formula is C16H24N2. The van der Waals surface area contributed by atoms with Crippen LogP contribution in [0.1, 0.15) is 45.1 Å². The summed E-state index contributed by atoms with van der Waals surface area (Å²) in [6, 6.07) is 12.9. The zero-order valence-electron chi connectivity index (χ0n) is 11.7. The molecule has 0 aliphatic carbocycles. The highest BCUT2D eigenvalue weighted by atomic mass is 14.9. The van der Waals surface area contributed by atoms with Crippen LogP contribution in [0.15, 0.2) is 30.3 Å². The van der Waals surface area contributed by atoms with E-state index in [9.17, 15) is 5.26 Å². The maximum absolute atomic E-state index is 9.26. The number of hydrogen-bond acceptors (Lipinski definition) is 2. The van der Waals surface area contributed by atoms with Gasteiger partial charge in [0.05, 0.1) is 12.0 Å². The van der Waals surface area contributed by atoms with Crippen LogP contribution < -0.4 is 5.32 Å². The minimum absolute atomic E-state index is 0.0528. The lowest BCUT2D eigenvalue weighted by Crippen LogP contribution is -2.35. The summed E-state index contributed by atoms with van der Waals surface area (Å²) in [6.07, 6.45) is 2.38. The molecule has 0 fully saturated rings. The Kier molecular flexibility index (Phi) is 6.46. The van der Waals surface area contributed by atoms with Gasteiger partial charge in [-0.2, -0.15) is 5.26 Å². The lowest BCUT2D eigenvalue weighted by atomic mass is 9.94. The highest BCUT2D eigenvalue weighted by molar-refractivity contribution is 5.25. The van der Waals surface area contributed by atoms with Gasteiger partial charge in [-0.3, -0.25) is 0 Å². The first-order valence-corrected chi connectivity index (χ1v) is 6.90. The number of nitrogens with one attached hydrogen (secondary N) is 1. The van der Waals surface area contributed by atoms with Gasteiger partial charge in [-0.1, -0.05) is 57.0 Å². The predicted octanol–water partition coefficient (Wildman–Crippen LogP) is 3.71. The van der Waals surface area contributed by atoms with Crippen molar-refractivity contribution in [1.29, 1.82) is 5.26 Å². The molecule has 0 saturated carbocycles. The largest absolute Gasteiger partial charge is 0.312 e. The van der Waals surface area contributed by atoms with E-state index in [0.29, 0.717) is 12.0 Å². The quantitative estimate of drug-likeness (QED) is 0.793. The topological polar surface area (TPSA) is 35.8 Å². The summed E-state index contributed by atoms with van der Waals surface area (Å²) >= 11 is 0. The molecule has 2 nitrogen and oxygen atoms in total. The van der Waals surface area contributed by atoms with Crippen LogP contribution in [0.2, 0.25) is 0 Å². The first-order valence-electron chi connectivity index (χ1n) is 6.90. The smallest absolute Gasteiger partial charge is 0.0837 e. The van der Waals surface area contributed by atoms with Crippen LogP contribution >= 0.6 is 0 Å². The van der Waals surface area contributed by atoms with E-state index in [1.807, 2.05) is 30.3 Å². The molecule has 0 aromatic heterocycles. The standard InChI is InChI=1S/C16H24N2/c1-4-14(5-2)13(3)18-12-16(11-17)15-9-7-6-8-10-15/h6-10,13-14,16,18H,4-5,12H2,1-3H3. The molecule has 98 valence electrons. The summed E-state index contributed by atoms with van der Waals surface area (Å²) in [7, 11) is 0. The van der Waals surface area contributed by atoms with E-state index < -0.39 is 0 Å². The molecule has 1 aromatic rings. The summed E-state index contributed by atoms with van der Waals surface area (Å²) in [5.74, 6) is 0.642. The Bertz CT molecular complexity index is 362. The third kappa shape index (κ3) is 4.16. The first-order chi connectivity index (χ1) is 8.72. The molecule has 1 aromatic carbocycles. The second-order valence-electron chi connectivity index (χ2n) is 4.87. The molecule has 1 rings (SSSR count). The van der Waals surface area contributed by atoms with Crippen LogP contribution in [-0.2, 0) is 0 Å². The van der Waals surface area contributed by atoms with E-state index in [2.05, 4.69) is 32.2 Å². The molecule has 1 N–H and O–H groups in total. The monoisotopic (exact) mass is 244 g/mol. The molecule has 0 heterocycles. The molecule has 2 unspecified atom stereocenters. The Labute approximate surface area is 111 Å². The fraction of sp³-hybridized carbons (Fsp3) is 0.562. The molecule has 0 bridgehead atoms. The van der Waals surface area contributed by atoms with E-state index in [1.165, 1.54) is 12.8 Å². The summed E-state index contributed by atoms with van der Waals surface area (Å²) in [5, 5.41) is 12.8. The number of rotatable bonds is 7. The highest BCUT2D eigenvalue weighted by Crippen LogP contribution is 2.16. The van der Waals surface area contributed by atoms with Gasteiger partial charge in [0.25, 0.3) is 0 Å². The van der Waals surface area contributed by atoms with Gasteiger partial charge in [-0.25, -0.2) is 0 Å². The van der Waals surface area contributed by atoms with Crippen molar-refractivity contribution in [2.24, 2.45) is 5.92 Å². The van der Waals surface area contributed by atoms with Crippen molar-refractivity contribution in [2.75, 3.05) is 6.54 Å². The molecule has 0 radical (unpaired) electrons. The van der Waals surface area contributed by atoms with Crippen molar-refractivity contribution in [3.8, 4) is 6.07 Å². The van der Waals surface area contributed by atoms with Crippen LogP contribution in [0.3, 0.4) is 0 Å². The fourth-order valence-electron chi connectivity index (χ4n) is 2.39. The molecule has 0 spiro atoms. The van der Waals surface area contributed by atoms with Crippen LogP contribution in [-0.4, -0.2) is 12.6 Å². The molecule has 0 aliphatic rings. The average molecular weight is 244 g/mol. The zero-order chi connectivity index (χ0) is 13.4. The number of benzene rings is 1. The highest BCUT2D eigenvalue weighted by Gasteiger charge is 2.16. The second kappa shape index (κ2) is 7.89. The van der Waals surface area contributed by atoms with E-state index >= 15 is 0 Å². The van der Waals surface area contributed by atoms with Gasteiger partial charge in [0.1, 0.15) is 0 Å². The normalized spacial score (nSPS) is 14.2. The van der Waals surface area contributed by atoms with Crippen LogP contribution in [0.5, 0.6) is 0 Å². The molecule has 2 heteroatoms. The summed E-state index contributed by atoms with van der Waals surface area (Å²) < 4.78 is 0. The minimum atomic E-state index is -0.0528. The Balaban J connectivity index is 2.53. The van der Waals surface area contributed by atoms with Crippen LogP contribution in [0.4, 0.5) is 0 Å². The van der Waals surface area contributed by atoms with Gasteiger partial charge >= 0.3 is 0 Å². The Morgan fingerprint density at radius 1 is 1.17 bits per heavy atom. The van der Waals surface area contributed by atoms with E-state index in [4.69, 9.17) is 0 Å². The maximum Gasteiger partial charge on any atom is 0.0837 e. The first kappa shape index (κ1) is 14.7. The van der Waals surface area contributed by atoms with E-state index in [0.717, 1.165) is 12.1 Å². The Morgan fingerprint density at radius 2 is 1.78 bits per heavy atom. The number of nitriles is 1. The molecule has 0 saturated heterocycles. The summed E-state index contributed by atoms with van der Waals surface area (Å²) in [5.41, 5.74) is 1.10. The van der Waals surface area contributed by atoms with Gasteiger partial charge < -0.3 is 5.32 Å². The fourth-order valence-corrected chi connectivity index (χ4v) is 2.39. The number of hydrogen-bond donors (Lipinski definition) is 1.